The first kappa shape index (κ1) is 9.95. The van der Waals surface area contributed by atoms with E-state index in [9.17, 15) is 0 Å². The first-order valence-corrected chi connectivity index (χ1v) is 4.60. The van der Waals surface area contributed by atoms with E-state index in [1.807, 2.05) is 31.2 Å². The van der Waals surface area contributed by atoms with Crippen LogP contribution in [0.1, 0.15) is 13.3 Å². The lowest BCUT2D eigenvalue weighted by atomic mass is 10.3. The summed E-state index contributed by atoms with van der Waals surface area (Å²) in [6.07, 6.45) is 0.864. The molecule has 0 aliphatic carbocycles. The molecule has 0 fully saturated rings. The number of nitrogens with one attached hydrogen (secondary N) is 1. The second kappa shape index (κ2) is 5.50. The van der Waals surface area contributed by atoms with Crippen LogP contribution in [0.3, 0.4) is 0 Å². The lowest BCUT2D eigenvalue weighted by molar-refractivity contribution is 1.10. The van der Waals surface area contributed by atoms with Gasteiger partial charge in [-0.25, -0.2) is 0 Å². The van der Waals surface area contributed by atoms with E-state index in [4.69, 9.17) is 11.6 Å². The third-order valence-corrected chi connectivity index (χ3v) is 1.82. The number of anilines is 1. The van der Waals surface area contributed by atoms with Gasteiger partial charge in [0.25, 0.3) is 0 Å². The summed E-state index contributed by atoms with van der Waals surface area (Å²) in [5.74, 6) is 5.84. The molecule has 1 aromatic carbocycles. The Morgan fingerprint density at radius 3 is 3.00 bits per heavy atom. The van der Waals surface area contributed by atoms with Crippen LogP contribution in [0.25, 0.3) is 0 Å². The zero-order valence-corrected chi connectivity index (χ0v) is 8.36. The van der Waals surface area contributed by atoms with E-state index in [-0.39, 0.29) is 0 Å². The standard InChI is InChI=1S/C11H12ClN/c1-2-3-4-8-13-11-7-5-6-10(12)9-11/h5-7,9,13H,4,8H2,1H3. The van der Waals surface area contributed by atoms with E-state index in [1.165, 1.54) is 0 Å². The van der Waals surface area contributed by atoms with Crippen LogP contribution >= 0.6 is 11.6 Å². The van der Waals surface area contributed by atoms with Crippen LogP contribution in [0.4, 0.5) is 5.69 Å². The predicted octanol–water partition coefficient (Wildman–Crippen LogP) is 3.17. The molecule has 2 heteroatoms. The Morgan fingerprint density at radius 2 is 2.31 bits per heavy atom. The van der Waals surface area contributed by atoms with Crippen LogP contribution in [0, 0.1) is 11.8 Å². The van der Waals surface area contributed by atoms with Gasteiger partial charge in [0.1, 0.15) is 0 Å². The van der Waals surface area contributed by atoms with E-state index in [0.717, 1.165) is 23.7 Å². The van der Waals surface area contributed by atoms with Gasteiger partial charge in [-0.2, -0.15) is 0 Å². The molecule has 1 N–H and O–H groups in total. The molecule has 0 bridgehead atoms. The highest BCUT2D eigenvalue weighted by Gasteiger charge is 1.90. The highest BCUT2D eigenvalue weighted by molar-refractivity contribution is 6.30. The maximum atomic E-state index is 5.82. The lowest BCUT2D eigenvalue weighted by Gasteiger charge is -2.03. The zero-order chi connectivity index (χ0) is 9.52. The fourth-order valence-corrected chi connectivity index (χ4v) is 1.18. The second-order valence-corrected chi connectivity index (χ2v) is 3.05. The van der Waals surface area contributed by atoms with Gasteiger partial charge in [0, 0.05) is 23.7 Å². The van der Waals surface area contributed by atoms with Crippen LogP contribution in [0.5, 0.6) is 0 Å². The summed E-state index contributed by atoms with van der Waals surface area (Å²) in [5.41, 5.74) is 1.05. The first-order chi connectivity index (χ1) is 6.33. The minimum Gasteiger partial charge on any atom is -0.384 e. The van der Waals surface area contributed by atoms with Gasteiger partial charge in [-0.1, -0.05) is 17.7 Å². The Bertz CT molecular complexity index is 322. The van der Waals surface area contributed by atoms with Gasteiger partial charge in [-0.15, -0.1) is 11.8 Å². The smallest absolute Gasteiger partial charge is 0.0426 e. The topological polar surface area (TPSA) is 12.0 Å². The van der Waals surface area contributed by atoms with Crippen LogP contribution in [-0.4, -0.2) is 6.54 Å². The molecule has 1 nitrogen and oxygen atoms in total. The molecule has 1 rings (SSSR count). The van der Waals surface area contributed by atoms with Gasteiger partial charge in [0.15, 0.2) is 0 Å². The third-order valence-electron chi connectivity index (χ3n) is 1.58. The largest absolute Gasteiger partial charge is 0.384 e. The maximum absolute atomic E-state index is 5.82. The van der Waals surface area contributed by atoms with Gasteiger partial charge in [0.2, 0.25) is 0 Å². The Hall–Kier alpha value is -1.13. The summed E-state index contributed by atoms with van der Waals surface area (Å²) >= 11 is 5.82. The van der Waals surface area contributed by atoms with Gasteiger partial charge in [-0.05, 0) is 25.1 Å². The molecule has 1 aromatic rings. The van der Waals surface area contributed by atoms with Crippen molar-refractivity contribution in [2.45, 2.75) is 13.3 Å². The molecule has 13 heavy (non-hydrogen) atoms. The number of hydrogen-bond acceptors (Lipinski definition) is 1. The molecule has 0 aliphatic rings. The summed E-state index contributed by atoms with van der Waals surface area (Å²) in [4.78, 5) is 0. The van der Waals surface area contributed by atoms with Crippen molar-refractivity contribution in [3.05, 3.63) is 29.3 Å². The Balaban J connectivity index is 2.39. The van der Waals surface area contributed by atoms with Crippen LogP contribution in [0.15, 0.2) is 24.3 Å². The molecule has 0 spiro atoms. The van der Waals surface area contributed by atoms with E-state index >= 15 is 0 Å². The van der Waals surface area contributed by atoms with E-state index in [1.54, 1.807) is 0 Å². The van der Waals surface area contributed by atoms with Crippen molar-refractivity contribution < 1.29 is 0 Å². The van der Waals surface area contributed by atoms with Crippen molar-refractivity contribution in [2.75, 3.05) is 11.9 Å². The van der Waals surface area contributed by atoms with E-state index < -0.39 is 0 Å². The highest BCUT2D eigenvalue weighted by Crippen LogP contribution is 2.14. The quantitative estimate of drug-likeness (QED) is 0.575. The molecule has 0 radical (unpaired) electrons. The van der Waals surface area contributed by atoms with Gasteiger partial charge in [-0.3, -0.25) is 0 Å². The second-order valence-electron chi connectivity index (χ2n) is 2.61. The molecule has 0 heterocycles. The number of halogens is 1. The van der Waals surface area contributed by atoms with Crippen molar-refractivity contribution in [3.63, 3.8) is 0 Å². The van der Waals surface area contributed by atoms with Crippen molar-refractivity contribution in [2.24, 2.45) is 0 Å². The minimum absolute atomic E-state index is 0.756. The van der Waals surface area contributed by atoms with Crippen molar-refractivity contribution in [1.82, 2.24) is 0 Å². The Labute approximate surface area is 84.1 Å². The SMILES string of the molecule is CC#CCCNc1cccc(Cl)c1. The van der Waals surface area contributed by atoms with Crippen LogP contribution in [0.2, 0.25) is 5.02 Å². The predicted molar refractivity (Wildman–Crippen MR) is 58.0 cm³/mol. The number of hydrogen-bond donors (Lipinski definition) is 1. The molecule has 0 unspecified atom stereocenters. The molecular formula is C11H12ClN. The Morgan fingerprint density at radius 1 is 1.46 bits per heavy atom. The van der Waals surface area contributed by atoms with Crippen molar-refractivity contribution in [1.29, 1.82) is 0 Å². The highest BCUT2D eigenvalue weighted by atomic mass is 35.5. The van der Waals surface area contributed by atoms with E-state index in [0.29, 0.717) is 0 Å². The fourth-order valence-electron chi connectivity index (χ4n) is 0.993. The van der Waals surface area contributed by atoms with Gasteiger partial charge < -0.3 is 5.32 Å². The van der Waals surface area contributed by atoms with Crippen molar-refractivity contribution >= 4 is 17.3 Å². The van der Waals surface area contributed by atoms with E-state index in [2.05, 4.69) is 17.2 Å². The summed E-state index contributed by atoms with van der Waals surface area (Å²) in [6.45, 7) is 2.71. The molecule has 0 amide bonds. The van der Waals surface area contributed by atoms with Crippen LogP contribution in [-0.2, 0) is 0 Å². The molecular weight excluding hydrogens is 182 g/mol. The molecule has 0 aliphatic heterocycles. The molecule has 0 aromatic heterocycles. The number of rotatable bonds is 3. The Kier molecular flexibility index (Phi) is 4.21. The summed E-state index contributed by atoms with van der Waals surface area (Å²) in [5, 5.41) is 3.99. The first-order valence-electron chi connectivity index (χ1n) is 4.22. The van der Waals surface area contributed by atoms with Crippen molar-refractivity contribution in [3.8, 4) is 11.8 Å². The monoisotopic (exact) mass is 193 g/mol. The normalized spacial score (nSPS) is 8.77. The third kappa shape index (κ3) is 3.87. The number of benzene rings is 1. The average Bonchev–Trinajstić information content (AvgIpc) is 2.13. The van der Waals surface area contributed by atoms with Crippen LogP contribution < -0.4 is 5.32 Å². The minimum atomic E-state index is 0.756. The summed E-state index contributed by atoms with van der Waals surface area (Å²) in [6, 6.07) is 7.68. The zero-order valence-electron chi connectivity index (χ0n) is 7.60. The molecule has 0 saturated heterocycles. The lowest BCUT2D eigenvalue weighted by Crippen LogP contribution is -1.99. The molecule has 0 saturated carbocycles. The maximum Gasteiger partial charge on any atom is 0.0426 e. The van der Waals surface area contributed by atoms with Gasteiger partial charge in [0.05, 0.1) is 0 Å². The van der Waals surface area contributed by atoms with Gasteiger partial charge >= 0.3 is 0 Å². The molecule has 0 atom stereocenters. The summed E-state index contributed by atoms with van der Waals surface area (Å²) < 4.78 is 0. The molecule has 68 valence electrons. The average molecular weight is 194 g/mol. The fraction of sp³-hybridized carbons (Fsp3) is 0.273. The summed E-state index contributed by atoms with van der Waals surface area (Å²) in [7, 11) is 0.